The van der Waals surface area contributed by atoms with Gasteiger partial charge in [0.1, 0.15) is 5.82 Å². The van der Waals surface area contributed by atoms with Crippen molar-refractivity contribution in [2.24, 2.45) is 0 Å². The first-order valence-electron chi connectivity index (χ1n) is 9.00. The molecular formula is C19H26N4O2S. The van der Waals surface area contributed by atoms with Gasteiger partial charge in [0.2, 0.25) is 10.0 Å². The Hall–Kier alpha value is -1.96. The number of nitrogens with two attached hydrogens (primary N) is 1. The summed E-state index contributed by atoms with van der Waals surface area (Å²) in [6.45, 7) is 5.22. The molecule has 7 heteroatoms. The highest BCUT2D eigenvalue weighted by Crippen LogP contribution is 2.25. The molecule has 3 rings (SSSR count). The van der Waals surface area contributed by atoms with Crippen molar-refractivity contribution < 1.29 is 8.42 Å². The predicted octanol–water partition coefficient (Wildman–Crippen LogP) is 2.40. The van der Waals surface area contributed by atoms with Gasteiger partial charge in [-0.15, -0.1) is 0 Å². The van der Waals surface area contributed by atoms with E-state index in [1.807, 2.05) is 13.0 Å². The minimum absolute atomic E-state index is 0.268. The number of anilines is 1. The Kier molecular flexibility index (Phi) is 5.90. The molecule has 26 heavy (non-hydrogen) atoms. The van der Waals surface area contributed by atoms with E-state index in [4.69, 9.17) is 5.73 Å². The molecule has 2 heterocycles. The number of piperidine rings is 1. The third kappa shape index (κ3) is 4.60. The van der Waals surface area contributed by atoms with Crippen LogP contribution in [0.2, 0.25) is 0 Å². The van der Waals surface area contributed by atoms with Gasteiger partial charge in [-0.2, -0.15) is 0 Å². The van der Waals surface area contributed by atoms with Crippen molar-refractivity contribution in [2.75, 3.05) is 31.9 Å². The molecule has 0 unspecified atom stereocenters. The number of likely N-dealkylation sites (tertiary alicyclic amines) is 1. The molecule has 1 aromatic heterocycles. The minimum atomic E-state index is -3.53. The summed E-state index contributed by atoms with van der Waals surface area (Å²) in [5, 5.41) is 0. The zero-order valence-electron chi connectivity index (χ0n) is 15.1. The molecule has 0 aliphatic carbocycles. The fourth-order valence-corrected chi connectivity index (χ4v) is 4.38. The van der Waals surface area contributed by atoms with E-state index >= 15 is 0 Å². The lowest BCUT2D eigenvalue weighted by Gasteiger charge is -2.26. The fourth-order valence-electron chi connectivity index (χ4n) is 3.32. The van der Waals surface area contributed by atoms with Crippen LogP contribution in [-0.2, 0) is 10.0 Å². The summed E-state index contributed by atoms with van der Waals surface area (Å²) in [6, 6.07) is 8.72. The topological polar surface area (TPSA) is 88.3 Å². The average Bonchev–Trinajstić information content (AvgIpc) is 2.62. The number of nitrogens with zero attached hydrogens (tertiary/aromatic N) is 2. The average molecular weight is 375 g/mol. The van der Waals surface area contributed by atoms with Crippen LogP contribution in [0, 0.1) is 6.92 Å². The highest BCUT2D eigenvalue weighted by molar-refractivity contribution is 7.89. The maximum Gasteiger partial charge on any atom is 0.240 e. The first-order valence-corrected chi connectivity index (χ1v) is 10.5. The lowest BCUT2D eigenvalue weighted by molar-refractivity contribution is 0.233. The monoisotopic (exact) mass is 374 g/mol. The van der Waals surface area contributed by atoms with Gasteiger partial charge in [-0.3, -0.25) is 0 Å². The molecule has 0 saturated carbocycles. The highest BCUT2D eigenvalue weighted by Gasteiger charge is 2.16. The van der Waals surface area contributed by atoms with Gasteiger partial charge in [0.15, 0.2) is 0 Å². The molecule has 0 radical (unpaired) electrons. The molecular weight excluding hydrogens is 348 g/mol. The van der Waals surface area contributed by atoms with Crippen LogP contribution >= 0.6 is 0 Å². The standard InChI is InChI=1S/C19H26N4O2S/c1-15-12-19(20)21-14-18(15)16-6-5-7-17(13-16)26(24,25)22-8-11-23-9-3-2-4-10-23/h5-7,12-14,22H,2-4,8-11H2,1H3,(H2,20,21). The second kappa shape index (κ2) is 8.16. The van der Waals surface area contributed by atoms with Gasteiger partial charge in [-0.05, 0) is 62.2 Å². The number of hydrogen-bond acceptors (Lipinski definition) is 5. The summed E-state index contributed by atoms with van der Waals surface area (Å²) in [7, 11) is -3.53. The number of rotatable bonds is 6. The predicted molar refractivity (Wildman–Crippen MR) is 104 cm³/mol. The fraction of sp³-hybridized carbons (Fsp3) is 0.421. The van der Waals surface area contributed by atoms with Crippen LogP contribution in [0.3, 0.4) is 0 Å². The Labute approximate surface area is 155 Å². The summed E-state index contributed by atoms with van der Waals surface area (Å²) in [5.41, 5.74) is 8.36. The van der Waals surface area contributed by atoms with E-state index in [2.05, 4.69) is 14.6 Å². The van der Waals surface area contributed by atoms with Gasteiger partial charge >= 0.3 is 0 Å². The molecule has 1 saturated heterocycles. The van der Waals surface area contributed by atoms with Crippen molar-refractivity contribution in [2.45, 2.75) is 31.1 Å². The van der Waals surface area contributed by atoms with Crippen LogP contribution < -0.4 is 10.5 Å². The van der Waals surface area contributed by atoms with Crippen LogP contribution in [0.25, 0.3) is 11.1 Å². The second-order valence-electron chi connectivity index (χ2n) is 6.75. The normalized spacial score (nSPS) is 15.9. The highest BCUT2D eigenvalue weighted by atomic mass is 32.2. The smallest absolute Gasteiger partial charge is 0.240 e. The molecule has 1 aromatic carbocycles. The van der Waals surface area contributed by atoms with Gasteiger partial charge in [-0.1, -0.05) is 18.6 Å². The van der Waals surface area contributed by atoms with Crippen molar-refractivity contribution in [3.8, 4) is 11.1 Å². The van der Waals surface area contributed by atoms with E-state index in [-0.39, 0.29) is 4.90 Å². The summed E-state index contributed by atoms with van der Waals surface area (Å²) < 4.78 is 28.0. The van der Waals surface area contributed by atoms with Crippen molar-refractivity contribution in [3.05, 3.63) is 42.1 Å². The molecule has 3 N–H and O–H groups in total. The second-order valence-corrected chi connectivity index (χ2v) is 8.52. The molecule has 1 aliphatic heterocycles. The molecule has 0 bridgehead atoms. The van der Waals surface area contributed by atoms with E-state index in [9.17, 15) is 8.42 Å². The first-order chi connectivity index (χ1) is 12.5. The lowest BCUT2D eigenvalue weighted by Crippen LogP contribution is -2.37. The first kappa shape index (κ1) is 18.8. The number of nitrogen functional groups attached to an aromatic ring is 1. The molecule has 0 atom stereocenters. The van der Waals surface area contributed by atoms with Crippen LogP contribution in [0.5, 0.6) is 0 Å². The molecule has 1 aliphatic rings. The van der Waals surface area contributed by atoms with Crippen molar-refractivity contribution in [1.82, 2.24) is 14.6 Å². The zero-order chi connectivity index (χ0) is 18.6. The number of aryl methyl sites for hydroxylation is 1. The van der Waals surface area contributed by atoms with E-state index < -0.39 is 10.0 Å². The van der Waals surface area contributed by atoms with Gasteiger partial charge in [0.05, 0.1) is 4.90 Å². The molecule has 2 aromatic rings. The Morgan fingerprint density at radius 1 is 1.19 bits per heavy atom. The lowest BCUT2D eigenvalue weighted by atomic mass is 10.0. The Morgan fingerprint density at radius 2 is 1.96 bits per heavy atom. The maximum absolute atomic E-state index is 12.6. The SMILES string of the molecule is Cc1cc(N)ncc1-c1cccc(S(=O)(=O)NCCN2CCCCC2)c1. The zero-order valence-corrected chi connectivity index (χ0v) is 15.9. The third-order valence-electron chi connectivity index (χ3n) is 4.76. The Morgan fingerprint density at radius 3 is 2.69 bits per heavy atom. The summed E-state index contributed by atoms with van der Waals surface area (Å²) >= 11 is 0. The van der Waals surface area contributed by atoms with Crippen molar-refractivity contribution >= 4 is 15.8 Å². The number of sulfonamides is 1. The maximum atomic E-state index is 12.6. The molecule has 140 valence electrons. The number of pyridine rings is 1. The van der Waals surface area contributed by atoms with Crippen molar-refractivity contribution in [1.29, 1.82) is 0 Å². The van der Waals surface area contributed by atoms with Gasteiger partial charge in [0, 0.05) is 24.8 Å². The van der Waals surface area contributed by atoms with E-state index in [0.717, 1.165) is 36.3 Å². The number of hydrogen-bond donors (Lipinski definition) is 2. The third-order valence-corrected chi connectivity index (χ3v) is 6.21. The van der Waals surface area contributed by atoms with Crippen LogP contribution in [0.1, 0.15) is 24.8 Å². The summed E-state index contributed by atoms with van der Waals surface area (Å²) in [4.78, 5) is 6.70. The van der Waals surface area contributed by atoms with Gasteiger partial charge in [-0.25, -0.2) is 18.1 Å². The van der Waals surface area contributed by atoms with Crippen LogP contribution in [0.15, 0.2) is 41.4 Å². The van der Waals surface area contributed by atoms with Crippen LogP contribution in [0.4, 0.5) is 5.82 Å². The summed E-state index contributed by atoms with van der Waals surface area (Å²) in [5.74, 6) is 0.453. The van der Waals surface area contributed by atoms with E-state index in [0.29, 0.717) is 12.4 Å². The van der Waals surface area contributed by atoms with Gasteiger partial charge in [0.25, 0.3) is 0 Å². The minimum Gasteiger partial charge on any atom is -0.384 e. The van der Waals surface area contributed by atoms with Crippen LogP contribution in [-0.4, -0.2) is 44.5 Å². The number of aromatic nitrogens is 1. The van der Waals surface area contributed by atoms with Gasteiger partial charge < -0.3 is 10.6 Å². The molecule has 0 spiro atoms. The summed E-state index contributed by atoms with van der Waals surface area (Å²) in [6.07, 6.45) is 5.35. The molecule has 0 amide bonds. The number of benzene rings is 1. The Bertz CT molecular complexity index is 862. The molecule has 6 nitrogen and oxygen atoms in total. The van der Waals surface area contributed by atoms with Crippen molar-refractivity contribution in [3.63, 3.8) is 0 Å². The van der Waals surface area contributed by atoms with E-state index in [1.54, 1.807) is 30.5 Å². The van der Waals surface area contributed by atoms with E-state index in [1.165, 1.54) is 19.3 Å². The Balaban J connectivity index is 1.71. The number of nitrogens with one attached hydrogen (secondary N) is 1. The molecule has 1 fully saturated rings. The quantitative estimate of drug-likeness (QED) is 0.811. The largest absolute Gasteiger partial charge is 0.384 e.